The lowest BCUT2D eigenvalue weighted by atomic mass is 9.92. The number of allylic oxidation sites excluding steroid dienone is 1. The van der Waals surface area contributed by atoms with Crippen LogP contribution in [0.5, 0.6) is 5.75 Å². The molecule has 2 amide bonds. The number of ether oxygens (including phenoxy) is 2. The summed E-state index contributed by atoms with van der Waals surface area (Å²) in [5.41, 5.74) is 0.362. The topological polar surface area (TPSA) is 86.1 Å². The molecule has 8 nitrogen and oxygen atoms in total. The van der Waals surface area contributed by atoms with Gasteiger partial charge in [-0.3, -0.25) is 4.90 Å². The highest BCUT2D eigenvalue weighted by atomic mass is 79.9. The van der Waals surface area contributed by atoms with Crippen LogP contribution >= 0.6 is 31.9 Å². The van der Waals surface area contributed by atoms with E-state index in [0.717, 1.165) is 54.7 Å². The number of alkyl halides is 4. The van der Waals surface area contributed by atoms with Crippen LogP contribution in [-0.2, 0) is 15.7 Å². The molecule has 0 N–H and O–H groups in total. The highest BCUT2D eigenvalue weighted by Gasteiger charge is 2.44. The predicted octanol–water partition coefficient (Wildman–Crippen LogP) is 9.11. The molecule has 0 fully saturated rings. The Hall–Kier alpha value is -3.86. The Morgan fingerprint density at radius 3 is 2.34 bits per heavy atom. The van der Waals surface area contributed by atoms with Crippen molar-refractivity contribution in [3.05, 3.63) is 105 Å². The van der Waals surface area contributed by atoms with Gasteiger partial charge in [0, 0.05) is 22.9 Å². The highest BCUT2D eigenvalue weighted by molar-refractivity contribution is 9.10. The highest BCUT2D eigenvalue weighted by Crippen LogP contribution is 2.42. The second-order valence-corrected chi connectivity index (χ2v) is 13.2. The molecule has 0 saturated heterocycles. The molecule has 266 valence electrons. The zero-order valence-electron chi connectivity index (χ0n) is 27.9. The third-order valence-corrected chi connectivity index (χ3v) is 9.28. The minimum absolute atomic E-state index is 0.00967. The first-order chi connectivity index (χ1) is 24.0. The van der Waals surface area contributed by atoms with Gasteiger partial charge in [-0.25, -0.2) is 9.59 Å². The van der Waals surface area contributed by atoms with Crippen LogP contribution in [0.2, 0.25) is 0 Å². The van der Waals surface area contributed by atoms with Crippen molar-refractivity contribution in [1.82, 2.24) is 9.80 Å². The number of anilines is 1. The van der Waals surface area contributed by atoms with Gasteiger partial charge >= 0.3 is 18.2 Å². The molecule has 4 rings (SSSR count). The first-order valence-corrected chi connectivity index (χ1v) is 18.2. The van der Waals surface area contributed by atoms with E-state index in [2.05, 4.69) is 42.8 Å². The predicted molar refractivity (Wildman–Crippen MR) is 193 cm³/mol. The number of nitriles is 1. The second kappa shape index (κ2) is 18.4. The number of esters is 1. The molecule has 0 bridgehead atoms. The van der Waals surface area contributed by atoms with Crippen LogP contribution in [0, 0.1) is 11.3 Å². The lowest BCUT2D eigenvalue weighted by Gasteiger charge is -2.43. The number of amides is 2. The maximum Gasteiger partial charge on any atom is 0.416 e. The Balaban J connectivity index is 1.54. The van der Waals surface area contributed by atoms with Crippen LogP contribution in [0.25, 0.3) is 0 Å². The van der Waals surface area contributed by atoms with Crippen LogP contribution in [0.4, 0.5) is 23.7 Å². The zero-order valence-corrected chi connectivity index (χ0v) is 31.1. The maximum atomic E-state index is 14.4. The molecule has 0 aromatic heterocycles. The lowest BCUT2D eigenvalue weighted by molar-refractivity contribution is -0.139. The number of carbonyl (C=O) groups excluding carboxylic acids is 2. The van der Waals surface area contributed by atoms with E-state index >= 15 is 0 Å². The van der Waals surface area contributed by atoms with Crippen molar-refractivity contribution in [1.29, 1.82) is 5.26 Å². The van der Waals surface area contributed by atoms with Gasteiger partial charge in [0.05, 0.1) is 53.4 Å². The second-order valence-electron chi connectivity index (χ2n) is 11.7. The van der Waals surface area contributed by atoms with Gasteiger partial charge in [0.1, 0.15) is 5.75 Å². The Labute approximate surface area is 307 Å². The summed E-state index contributed by atoms with van der Waals surface area (Å²) < 4.78 is 53.5. The average Bonchev–Trinajstić information content (AvgIpc) is 3.10. The summed E-state index contributed by atoms with van der Waals surface area (Å²) in [4.78, 5) is 33.0. The number of rotatable bonds is 16. The van der Waals surface area contributed by atoms with Gasteiger partial charge in [0.25, 0.3) is 0 Å². The Bertz CT molecular complexity index is 1680. The summed E-state index contributed by atoms with van der Waals surface area (Å²) in [7, 11) is 2.04. The summed E-state index contributed by atoms with van der Waals surface area (Å²) in [6, 6.07) is 19.4. The van der Waals surface area contributed by atoms with Crippen LogP contribution < -0.4 is 9.64 Å². The van der Waals surface area contributed by atoms with E-state index in [0.29, 0.717) is 24.2 Å². The van der Waals surface area contributed by atoms with Crippen molar-refractivity contribution in [3.63, 3.8) is 0 Å². The molecule has 1 aliphatic heterocycles. The van der Waals surface area contributed by atoms with E-state index in [1.54, 1.807) is 31.2 Å². The summed E-state index contributed by atoms with van der Waals surface area (Å²) in [6.45, 7) is 4.20. The SMILES string of the molecule is CCOC(=O)C1=C(CBr)N(c2cccc(C(F)(F)F)c2)C(=O)N(CCCCCN(C)CCCOc2ccc(Br)cc2)[C@@H]1c1ccc(C#N)cc1. The normalized spacial score (nSPS) is 15.0. The molecule has 13 heteroatoms. The van der Waals surface area contributed by atoms with Gasteiger partial charge in [-0.2, -0.15) is 18.4 Å². The minimum Gasteiger partial charge on any atom is -0.494 e. The number of benzene rings is 3. The van der Waals surface area contributed by atoms with Gasteiger partial charge < -0.3 is 19.3 Å². The summed E-state index contributed by atoms with van der Waals surface area (Å²) in [5, 5.41) is 9.37. The monoisotopic (exact) mass is 818 g/mol. The lowest BCUT2D eigenvalue weighted by Crippen LogP contribution is -2.52. The van der Waals surface area contributed by atoms with Crippen LogP contribution in [0.1, 0.15) is 55.3 Å². The molecule has 3 aromatic rings. The number of unbranched alkanes of at least 4 members (excludes halogenated alkanes) is 2. The van der Waals surface area contributed by atoms with E-state index in [1.807, 2.05) is 31.3 Å². The Morgan fingerprint density at radius 1 is 1.00 bits per heavy atom. The average molecular weight is 821 g/mol. The standard InChI is InChI=1S/C37H39Br2F3N4O4/c1-3-49-35(47)33-32(24-38)46(30-10-7-9-28(23-30)37(40,41)42)36(48)45(34(33)27-13-11-26(25-43)12-14-27)21-6-4-5-19-44(2)20-8-22-50-31-17-15-29(39)16-18-31/h7,9-18,23,34H,3-6,8,19-22,24H2,1-2H3/t34-/m1/s1. The van der Waals surface area contributed by atoms with E-state index < -0.39 is 29.8 Å². The molecule has 0 radical (unpaired) electrons. The third kappa shape index (κ3) is 10.1. The van der Waals surface area contributed by atoms with E-state index in [9.17, 15) is 28.0 Å². The number of nitrogens with zero attached hydrogens (tertiary/aromatic N) is 4. The third-order valence-electron chi connectivity index (χ3n) is 8.22. The number of urea groups is 1. The van der Waals surface area contributed by atoms with E-state index in [1.165, 1.54) is 21.9 Å². The fourth-order valence-corrected chi connectivity index (χ4v) is 6.58. The van der Waals surface area contributed by atoms with Crippen LogP contribution in [0.3, 0.4) is 0 Å². The van der Waals surface area contributed by atoms with E-state index in [4.69, 9.17) is 9.47 Å². The first kappa shape index (κ1) is 38.9. The Morgan fingerprint density at radius 2 is 1.70 bits per heavy atom. The van der Waals surface area contributed by atoms with Gasteiger partial charge in [0.2, 0.25) is 0 Å². The number of halogens is 5. The number of hydrogen-bond acceptors (Lipinski definition) is 6. The van der Waals surface area contributed by atoms with Crippen molar-refractivity contribution in [3.8, 4) is 11.8 Å². The van der Waals surface area contributed by atoms with Crippen molar-refractivity contribution < 1.29 is 32.2 Å². The maximum absolute atomic E-state index is 14.4. The molecule has 1 atom stereocenters. The zero-order chi connectivity index (χ0) is 36.3. The van der Waals surface area contributed by atoms with E-state index in [-0.39, 0.29) is 35.4 Å². The number of hydrogen-bond donors (Lipinski definition) is 0. The number of carbonyl (C=O) groups is 2. The Kier molecular flexibility index (Phi) is 14.3. The van der Waals surface area contributed by atoms with Crippen molar-refractivity contribution in [2.24, 2.45) is 0 Å². The molecule has 1 aliphatic rings. The molecule has 0 aliphatic carbocycles. The molecule has 0 saturated carbocycles. The van der Waals surface area contributed by atoms with Gasteiger partial charge in [-0.05, 0) is 99.9 Å². The summed E-state index contributed by atoms with van der Waals surface area (Å²) in [6.07, 6.45) is -1.60. The van der Waals surface area contributed by atoms with Gasteiger partial charge in [0.15, 0.2) is 0 Å². The molecule has 1 heterocycles. The molecular weight excluding hydrogens is 781 g/mol. The van der Waals surface area contributed by atoms with Crippen molar-refractivity contribution >= 4 is 49.5 Å². The van der Waals surface area contributed by atoms with Gasteiger partial charge in [-0.1, -0.05) is 56.5 Å². The quantitative estimate of drug-likeness (QED) is 0.0815. The van der Waals surface area contributed by atoms with Crippen molar-refractivity contribution in [2.45, 2.75) is 44.8 Å². The van der Waals surface area contributed by atoms with Crippen LogP contribution in [-0.4, -0.2) is 67.0 Å². The summed E-state index contributed by atoms with van der Waals surface area (Å²) in [5.74, 6) is 0.134. The van der Waals surface area contributed by atoms with Crippen molar-refractivity contribution in [2.75, 3.05) is 50.1 Å². The van der Waals surface area contributed by atoms with Crippen LogP contribution in [0.15, 0.2) is 88.5 Å². The fourth-order valence-electron chi connectivity index (χ4n) is 5.77. The molecular formula is C37H39Br2F3N4O4. The van der Waals surface area contributed by atoms with Gasteiger partial charge in [-0.15, -0.1) is 0 Å². The molecule has 3 aromatic carbocycles. The molecule has 0 spiro atoms. The molecule has 50 heavy (non-hydrogen) atoms. The molecule has 0 unspecified atom stereocenters. The first-order valence-electron chi connectivity index (χ1n) is 16.3. The largest absolute Gasteiger partial charge is 0.494 e. The minimum atomic E-state index is -4.64. The summed E-state index contributed by atoms with van der Waals surface area (Å²) >= 11 is 6.82. The smallest absolute Gasteiger partial charge is 0.416 e. The fraction of sp³-hybridized carbons (Fsp3) is 0.378.